The summed E-state index contributed by atoms with van der Waals surface area (Å²) >= 11 is 0. The molecule has 3 rings (SSSR count). The molecule has 104 valence electrons. The van der Waals surface area contributed by atoms with Crippen LogP contribution in [0.25, 0.3) is 0 Å². The monoisotopic (exact) mass is 287 g/mol. The van der Waals surface area contributed by atoms with Gasteiger partial charge in [0.1, 0.15) is 0 Å². The van der Waals surface area contributed by atoms with Crippen LogP contribution in [0.3, 0.4) is 0 Å². The molecular formula is C16H17NO2S. The van der Waals surface area contributed by atoms with Gasteiger partial charge in [0, 0.05) is 6.54 Å². The van der Waals surface area contributed by atoms with Crippen LogP contribution in [-0.2, 0) is 16.4 Å². The first-order chi connectivity index (χ1) is 9.48. The Labute approximate surface area is 119 Å². The zero-order valence-electron chi connectivity index (χ0n) is 11.6. The van der Waals surface area contributed by atoms with Crippen LogP contribution in [0.5, 0.6) is 0 Å². The van der Waals surface area contributed by atoms with Crippen LogP contribution < -0.4 is 4.31 Å². The fourth-order valence-electron chi connectivity index (χ4n) is 2.65. The minimum atomic E-state index is -3.45. The van der Waals surface area contributed by atoms with Crippen molar-refractivity contribution in [1.82, 2.24) is 0 Å². The molecule has 2 aromatic carbocycles. The first kappa shape index (κ1) is 13.2. The molecule has 1 heterocycles. The average molecular weight is 287 g/mol. The summed E-state index contributed by atoms with van der Waals surface area (Å²) in [7, 11) is -3.45. The van der Waals surface area contributed by atoms with Crippen molar-refractivity contribution in [2.45, 2.75) is 25.2 Å². The lowest BCUT2D eigenvalue weighted by atomic mass is 10.1. The zero-order valence-corrected chi connectivity index (χ0v) is 12.4. The number of anilines is 1. The summed E-state index contributed by atoms with van der Waals surface area (Å²) in [5, 5.41) is 0. The maximum absolute atomic E-state index is 12.8. The van der Waals surface area contributed by atoms with Gasteiger partial charge in [-0.25, -0.2) is 8.42 Å². The van der Waals surface area contributed by atoms with E-state index in [1.807, 2.05) is 32.0 Å². The van der Waals surface area contributed by atoms with Crippen molar-refractivity contribution < 1.29 is 8.42 Å². The highest BCUT2D eigenvalue weighted by Gasteiger charge is 2.30. The summed E-state index contributed by atoms with van der Waals surface area (Å²) in [6.45, 7) is 4.45. The molecular weight excluding hydrogens is 270 g/mol. The quantitative estimate of drug-likeness (QED) is 0.851. The van der Waals surface area contributed by atoms with E-state index in [9.17, 15) is 8.42 Å². The summed E-state index contributed by atoms with van der Waals surface area (Å²) in [5.41, 5.74) is 4.05. The minimum Gasteiger partial charge on any atom is -0.266 e. The van der Waals surface area contributed by atoms with Gasteiger partial charge in [-0.15, -0.1) is 0 Å². The standard InChI is InChI=1S/C16H17NO2S/c1-12-4-3-5-15(11-12)20(18,19)17-9-8-14-10-13(2)6-7-16(14)17/h3-7,10-11H,8-9H2,1-2H3. The summed E-state index contributed by atoms with van der Waals surface area (Å²) in [6.07, 6.45) is 0.780. The van der Waals surface area contributed by atoms with Crippen LogP contribution in [0.4, 0.5) is 5.69 Å². The van der Waals surface area contributed by atoms with E-state index in [1.54, 1.807) is 18.2 Å². The SMILES string of the molecule is Cc1cccc(S(=O)(=O)N2CCc3cc(C)ccc32)c1. The maximum atomic E-state index is 12.8. The van der Waals surface area contributed by atoms with Crippen LogP contribution in [0.1, 0.15) is 16.7 Å². The lowest BCUT2D eigenvalue weighted by Gasteiger charge is -2.20. The molecule has 0 amide bonds. The summed E-state index contributed by atoms with van der Waals surface area (Å²) < 4.78 is 27.0. The van der Waals surface area contributed by atoms with Crippen molar-refractivity contribution in [3.63, 3.8) is 0 Å². The van der Waals surface area contributed by atoms with E-state index >= 15 is 0 Å². The fourth-order valence-corrected chi connectivity index (χ4v) is 4.26. The number of nitrogens with zero attached hydrogens (tertiary/aromatic N) is 1. The Kier molecular flexibility index (Phi) is 3.05. The van der Waals surface area contributed by atoms with Crippen LogP contribution in [-0.4, -0.2) is 15.0 Å². The Morgan fingerprint density at radius 3 is 2.50 bits per heavy atom. The third kappa shape index (κ3) is 2.10. The fraction of sp³-hybridized carbons (Fsp3) is 0.250. The molecule has 0 fully saturated rings. The van der Waals surface area contributed by atoms with Crippen molar-refractivity contribution in [2.24, 2.45) is 0 Å². The van der Waals surface area contributed by atoms with Crippen LogP contribution in [0.2, 0.25) is 0 Å². The van der Waals surface area contributed by atoms with E-state index in [2.05, 4.69) is 6.07 Å². The number of hydrogen-bond acceptors (Lipinski definition) is 2. The number of aryl methyl sites for hydroxylation is 2. The lowest BCUT2D eigenvalue weighted by molar-refractivity contribution is 0.592. The van der Waals surface area contributed by atoms with Gasteiger partial charge in [0.2, 0.25) is 0 Å². The van der Waals surface area contributed by atoms with Gasteiger partial charge in [0.25, 0.3) is 10.0 Å². The molecule has 0 bridgehead atoms. The highest BCUT2D eigenvalue weighted by atomic mass is 32.2. The molecule has 0 aliphatic carbocycles. The average Bonchev–Trinajstić information content (AvgIpc) is 2.82. The maximum Gasteiger partial charge on any atom is 0.264 e. The number of sulfonamides is 1. The Hall–Kier alpha value is -1.81. The van der Waals surface area contributed by atoms with E-state index in [-0.39, 0.29) is 0 Å². The number of rotatable bonds is 2. The van der Waals surface area contributed by atoms with Crippen molar-refractivity contribution in [2.75, 3.05) is 10.8 Å². The van der Waals surface area contributed by atoms with Gasteiger partial charge in [-0.05, 0) is 49.6 Å². The smallest absolute Gasteiger partial charge is 0.264 e. The predicted molar refractivity (Wildman–Crippen MR) is 80.6 cm³/mol. The number of fused-ring (bicyclic) bond motifs is 1. The second-order valence-electron chi connectivity index (χ2n) is 5.28. The van der Waals surface area contributed by atoms with E-state index in [0.29, 0.717) is 11.4 Å². The molecule has 4 heteroatoms. The largest absolute Gasteiger partial charge is 0.266 e. The molecule has 0 radical (unpaired) electrons. The Bertz CT molecular complexity index is 766. The molecule has 1 aliphatic rings. The van der Waals surface area contributed by atoms with Crippen LogP contribution in [0.15, 0.2) is 47.4 Å². The van der Waals surface area contributed by atoms with Gasteiger partial charge in [-0.1, -0.05) is 29.8 Å². The van der Waals surface area contributed by atoms with Gasteiger partial charge in [0.15, 0.2) is 0 Å². The topological polar surface area (TPSA) is 37.4 Å². The molecule has 2 aromatic rings. The molecule has 0 N–H and O–H groups in total. The van der Waals surface area contributed by atoms with E-state index in [0.717, 1.165) is 23.2 Å². The van der Waals surface area contributed by atoms with Crippen LogP contribution >= 0.6 is 0 Å². The molecule has 0 unspecified atom stereocenters. The van der Waals surface area contributed by atoms with Crippen molar-refractivity contribution in [3.8, 4) is 0 Å². The Morgan fingerprint density at radius 2 is 1.75 bits per heavy atom. The molecule has 0 atom stereocenters. The Morgan fingerprint density at radius 1 is 1.00 bits per heavy atom. The third-order valence-electron chi connectivity index (χ3n) is 3.67. The van der Waals surface area contributed by atoms with Gasteiger partial charge < -0.3 is 0 Å². The van der Waals surface area contributed by atoms with E-state index in [4.69, 9.17) is 0 Å². The summed E-state index contributed by atoms with van der Waals surface area (Å²) in [5.74, 6) is 0. The number of hydrogen-bond donors (Lipinski definition) is 0. The van der Waals surface area contributed by atoms with Gasteiger partial charge >= 0.3 is 0 Å². The molecule has 0 saturated heterocycles. The van der Waals surface area contributed by atoms with E-state index in [1.165, 1.54) is 9.87 Å². The Balaban J connectivity index is 2.07. The highest BCUT2D eigenvalue weighted by Crippen LogP contribution is 2.33. The molecule has 20 heavy (non-hydrogen) atoms. The van der Waals surface area contributed by atoms with Gasteiger partial charge in [0.05, 0.1) is 10.6 Å². The van der Waals surface area contributed by atoms with Crippen molar-refractivity contribution in [3.05, 3.63) is 59.2 Å². The molecule has 0 saturated carbocycles. The zero-order chi connectivity index (χ0) is 14.3. The van der Waals surface area contributed by atoms with Crippen LogP contribution in [0, 0.1) is 13.8 Å². The lowest BCUT2D eigenvalue weighted by Crippen LogP contribution is -2.29. The number of benzene rings is 2. The van der Waals surface area contributed by atoms with E-state index < -0.39 is 10.0 Å². The first-order valence-electron chi connectivity index (χ1n) is 6.67. The normalized spacial score (nSPS) is 14.4. The van der Waals surface area contributed by atoms with Crippen molar-refractivity contribution in [1.29, 1.82) is 0 Å². The first-order valence-corrected chi connectivity index (χ1v) is 8.11. The second-order valence-corrected chi connectivity index (χ2v) is 7.14. The molecule has 0 spiro atoms. The van der Waals surface area contributed by atoms with Gasteiger partial charge in [-0.3, -0.25) is 4.31 Å². The molecule has 1 aliphatic heterocycles. The molecule has 3 nitrogen and oxygen atoms in total. The summed E-state index contributed by atoms with van der Waals surface area (Å²) in [4.78, 5) is 0.367. The third-order valence-corrected chi connectivity index (χ3v) is 5.47. The molecule has 0 aromatic heterocycles. The summed E-state index contributed by atoms with van der Waals surface area (Å²) in [6, 6.07) is 13.0. The highest BCUT2D eigenvalue weighted by molar-refractivity contribution is 7.92. The minimum absolute atomic E-state index is 0.367. The van der Waals surface area contributed by atoms with Gasteiger partial charge in [-0.2, -0.15) is 0 Å². The predicted octanol–water partition coefficient (Wildman–Crippen LogP) is 3.05. The second kappa shape index (κ2) is 4.63. The van der Waals surface area contributed by atoms with Crippen molar-refractivity contribution >= 4 is 15.7 Å².